The molecule has 28 heavy (non-hydrogen) atoms. The van der Waals surface area contributed by atoms with Gasteiger partial charge in [0.25, 0.3) is 11.8 Å². The molecule has 0 radical (unpaired) electrons. The molecule has 0 bridgehead atoms. The number of ether oxygens (including phenoxy) is 2. The van der Waals surface area contributed by atoms with Crippen molar-refractivity contribution >= 4 is 17.5 Å². The molecule has 0 spiro atoms. The van der Waals surface area contributed by atoms with Crippen LogP contribution >= 0.6 is 0 Å². The lowest BCUT2D eigenvalue weighted by Crippen LogP contribution is -2.46. The summed E-state index contributed by atoms with van der Waals surface area (Å²) >= 11 is 0. The van der Waals surface area contributed by atoms with Crippen LogP contribution in [0, 0.1) is 0 Å². The molecule has 0 aromatic heterocycles. The summed E-state index contributed by atoms with van der Waals surface area (Å²) in [5.74, 6) is 1.08. The first kappa shape index (κ1) is 17.6. The van der Waals surface area contributed by atoms with Gasteiger partial charge in [0.05, 0.1) is 5.69 Å². The van der Waals surface area contributed by atoms with Crippen molar-refractivity contribution in [3.63, 3.8) is 0 Å². The highest BCUT2D eigenvalue weighted by Crippen LogP contribution is 2.26. The number of nitrogens with one attached hydrogen (secondary N) is 2. The molecule has 1 unspecified atom stereocenters. The second-order valence-electron chi connectivity index (χ2n) is 6.27. The van der Waals surface area contributed by atoms with E-state index in [9.17, 15) is 9.59 Å². The summed E-state index contributed by atoms with van der Waals surface area (Å²) in [4.78, 5) is 25.1. The summed E-state index contributed by atoms with van der Waals surface area (Å²) in [5.41, 5.74) is 0.977. The average Bonchev–Trinajstić information content (AvgIpc) is 2.88. The smallest absolute Gasteiger partial charge is 0.252 e. The summed E-state index contributed by atoms with van der Waals surface area (Å²) < 4.78 is 11.4. The van der Waals surface area contributed by atoms with Gasteiger partial charge in [-0.05, 0) is 42.5 Å². The minimum Gasteiger partial charge on any atom is -0.489 e. The van der Waals surface area contributed by atoms with Gasteiger partial charge < -0.3 is 20.1 Å². The van der Waals surface area contributed by atoms with Crippen LogP contribution in [0.3, 0.4) is 0 Å². The van der Waals surface area contributed by atoms with E-state index in [0.29, 0.717) is 28.5 Å². The molecule has 0 saturated carbocycles. The highest BCUT2D eigenvalue weighted by molar-refractivity contribution is 6.02. The first-order chi connectivity index (χ1) is 13.7. The molecule has 1 aliphatic rings. The standard InChI is InChI=1S/C22H18N2O4/c25-21(15-7-6-10-17(13-15)28-16-8-2-1-3-9-16)24-19-14-27-20-12-5-4-11-18(20)23-22(19)26/h1-13,19H,14H2,(H,23,26)(H,24,25). The number of carbonyl (C=O) groups is 2. The lowest BCUT2D eigenvalue weighted by Gasteiger charge is -2.15. The van der Waals surface area contributed by atoms with Crippen LogP contribution in [0.1, 0.15) is 10.4 Å². The molecule has 1 atom stereocenters. The molecule has 6 nitrogen and oxygen atoms in total. The zero-order valence-corrected chi connectivity index (χ0v) is 14.9. The van der Waals surface area contributed by atoms with E-state index in [1.807, 2.05) is 36.4 Å². The Labute approximate surface area is 162 Å². The summed E-state index contributed by atoms with van der Waals surface area (Å²) in [5, 5.41) is 5.49. The predicted molar refractivity (Wildman–Crippen MR) is 105 cm³/mol. The van der Waals surface area contributed by atoms with Gasteiger partial charge in [0, 0.05) is 5.56 Å². The highest BCUT2D eigenvalue weighted by atomic mass is 16.5. The Morgan fingerprint density at radius 1 is 0.964 bits per heavy atom. The Hall–Kier alpha value is -3.80. The van der Waals surface area contributed by atoms with Gasteiger partial charge in [-0.25, -0.2) is 0 Å². The number of hydrogen-bond donors (Lipinski definition) is 2. The van der Waals surface area contributed by atoms with Gasteiger partial charge in [-0.1, -0.05) is 36.4 Å². The summed E-state index contributed by atoms with van der Waals surface area (Å²) in [6.45, 7) is 0.0504. The van der Waals surface area contributed by atoms with Crippen LogP contribution < -0.4 is 20.1 Å². The van der Waals surface area contributed by atoms with Crippen molar-refractivity contribution in [3.05, 3.63) is 84.4 Å². The van der Waals surface area contributed by atoms with Gasteiger partial charge in [-0.3, -0.25) is 9.59 Å². The van der Waals surface area contributed by atoms with Crippen molar-refractivity contribution in [2.24, 2.45) is 0 Å². The molecule has 6 heteroatoms. The Bertz CT molecular complexity index is 1000. The third kappa shape index (κ3) is 3.96. The number of rotatable bonds is 4. The van der Waals surface area contributed by atoms with Crippen molar-refractivity contribution in [1.29, 1.82) is 0 Å². The Balaban J connectivity index is 1.45. The van der Waals surface area contributed by atoms with Crippen LogP contribution in [0.15, 0.2) is 78.9 Å². The van der Waals surface area contributed by atoms with E-state index >= 15 is 0 Å². The van der Waals surface area contributed by atoms with Gasteiger partial charge in [0.1, 0.15) is 29.9 Å². The fraction of sp³-hybridized carbons (Fsp3) is 0.0909. The lowest BCUT2D eigenvalue weighted by molar-refractivity contribution is -0.118. The number of hydrogen-bond acceptors (Lipinski definition) is 4. The van der Waals surface area contributed by atoms with Gasteiger partial charge in [-0.15, -0.1) is 0 Å². The van der Waals surface area contributed by atoms with Crippen molar-refractivity contribution < 1.29 is 19.1 Å². The quantitative estimate of drug-likeness (QED) is 0.731. The Morgan fingerprint density at radius 2 is 1.71 bits per heavy atom. The minimum atomic E-state index is -0.807. The summed E-state index contributed by atoms with van der Waals surface area (Å²) in [6, 6.07) is 22.4. The van der Waals surface area contributed by atoms with E-state index in [-0.39, 0.29) is 18.4 Å². The molecule has 0 fully saturated rings. The molecule has 0 aliphatic carbocycles. The highest BCUT2D eigenvalue weighted by Gasteiger charge is 2.26. The molecule has 2 N–H and O–H groups in total. The number of fused-ring (bicyclic) bond motifs is 1. The number of benzene rings is 3. The lowest BCUT2D eigenvalue weighted by atomic mass is 10.2. The van der Waals surface area contributed by atoms with Gasteiger partial charge in [0.15, 0.2) is 0 Å². The zero-order valence-electron chi connectivity index (χ0n) is 14.9. The third-order valence-corrected chi connectivity index (χ3v) is 4.25. The third-order valence-electron chi connectivity index (χ3n) is 4.25. The molecular formula is C22H18N2O4. The maximum Gasteiger partial charge on any atom is 0.252 e. The molecule has 1 aliphatic heterocycles. The predicted octanol–water partition coefficient (Wildman–Crippen LogP) is 3.61. The van der Waals surface area contributed by atoms with Crippen molar-refractivity contribution in [1.82, 2.24) is 5.32 Å². The fourth-order valence-electron chi connectivity index (χ4n) is 2.84. The molecule has 4 rings (SSSR count). The molecule has 0 saturated heterocycles. The van der Waals surface area contributed by atoms with E-state index in [1.54, 1.807) is 42.5 Å². The normalized spacial score (nSPS) is 15.4. The van der Waals surface area contributed by atoms with E-state index in [4.69, 9.17) is 9.47 Å². The van der Waals surface area contributed by atoms with Crippen LogP contribution in [-0.2, 0) is 4.79 Å². The number of amides is 2. The maximum absolute atomic E-state index is 12.6. The maximum atomic E-state index is 12.6. The Morgan fingerprint density at radius 3 is 2.57 bits per heavy atom. The molecule has 3 aromatic rings. The topological polar surface area (TPSA) is 76.7 Å². The molecule has 140 valence electrons. The molecular weight excluding hydrogens is 356 g/mol. The van der Waals surface area contributed by atoms with Crippen molar-refractivity contribution in [2.75, 3.05) is 11.9 Å². The van der Waals surface area contributed by atoms with Gasteiger partial charge in [0.2, 0.25) is 0 Å². The Kier molecular flexibility index (Phi) is 4.93. The van der Waals surface area contributed by atoms with Gasteiger partial charge >= 0.3 is 0 Å². The van der Waals surface area contributed by atoms with Gasteiger partial charge in [-0.2, -0.15) is 0 Å². The van der Waals surface area contributed by atoms with Crippen molar-refractivity contribution in [3.8, 4) is 17.2 Å². The van der Waals surface area contributed by atoms with E-state index in [2.05, 4.69) is 10.6 Å². The molecule has 3 aromatic carbocycles. The first-order valence-corrected chi connectivity index (χ1v) is 8.85. The first-order valence-electron chi connectivity index (χ1n) is 8.85. The number of carbonyl (C=O) groups excluding carboxylic acids is 2. The fourth-order valence-corrected chi connectivity index (χ4v) is 2.84. The van der Waals surface area contributed by atoms with E-state index in [1.165, 1.54) is 0 Å². The van der Waals surface area contributed by atoms with Crippen LogP contribution in [0.4, 0.5) is 5.69 Å². The monoisotopic (exact) mass is 374 g/mol. The molecule has 2 amide bonds. The van der Waals surface area contributed by atoms with Crippen LogP contribution in [0.2, 0.25) is 0 Å². The largest absolute Gasteiger partial charge is 0.489 e. The number of para-hydroxylation sites is 3. The van der Waals surface area contributed by atoms with E-state index in [0.717, 1.165) is 0 Å². The van der Waals surface area contributed by atoms with E-state index < -0.39 is 6.04 Å². The summed E-state index contributed by atoms with van der Waals surface area (Å²) in [7, 11) is 0. The molecule has 1 heterocycles. The zero-order chi connectivity index (χ0) is 19.3. The van der Waals surface area contributed by atoms with Crippen molar-refractivity contribution in [2.45, 2.75) is 6.04 Å². The van der Waals surface area contributed by atoms with Crippen LogP contribution in [0.5, 0.6) is 17.2 Å². The number of anilines is 1. The minimum absolute atomic E-state index is 0.0504. The SMILES string of the molecule is O=C(NC1COc2ccccc2NC1=O)c1cccc(Oc2ccccc2)c1. The van der Waals surface area contributed by atoms with Crippen LogP contribution in [0.25, 0.3) is 0 Å². The van der Waals surface area contributed by atoms with Crippen LogP contribution in [-0.4, -0.2) is 24.5 Å². The second kappa shape index (κ2) is 7.84. The second-order valence-corrected chi connectivity index (χ2v) is 6.27. The summed E-state index contributed by atoms with van der Waals surface area (Å²) in [6.07, 6.45) is 0. The average molecular weight is 374 g/mol.